The summed E-state index contributed by atoms with van der Waals surface area (Å²) in [5, 5.41) is 10.9. The van der Waals surface area contributed by atoms with E-state index in [1.807, 2.05) is 13.0 Å². The summed E-state index contributed by atoms with van der Waals surface area (Å²) in [5.41, 5.74) is 2.96. The van der Waals surface area contributed by atoms with Crippen molar-refractivity contribution in [1.82, 2.24) is 0 Å². The van der Waals surface area contributed by atoms with E-state index in [4.69, 9.17) is 14.1 Å². The topological polar surface area (TPSA) is 50.1 Å². The van der Waals surface area contributed by atoms with Gasteiger partial charge < -0.3 is 8.83 Å². The Hall–Kier alpha value is -2.21. The molecule has 0 unspecified atom stereocenters. The summed E-state index contributed by atoms with van der Waals surface area (Å²) in [7, 11) is 0. The molecule has 0 aliphatic rings. The first-order chi connectivity index (χ1) is 7.33. The largest absolute Gasteiger partial charge is 0.464 e. The van der Waals surface area contributed by atoms with Crippen molar-refractivity contribution in [2.24, 2.45) is 0 Å². The lowest BCUT2D eigenvalue weighted by Crippen LogP contribution is -1.82. The summed E-state index contributed by atoms with van der Waals surface area (Å²) in [6.07, 6.45) is 3.19. The Kier molecular flexibility index (Phi) is 1.43. The lowest BCUT2D eigenvalue weighted by molar-refractivity contribution is 0.610. The van der Waals surface area contributed by atoms with Gasteiger partial charge >= 0.3 is 0 Å². The number of aryl methyl sites for hydroxylation is 1. The molecule has 3 heteroatoms. The Labute approximate surface area is 85.5 Å². The number of fused-ring (bicyclic) bond motifs is 2. The van der Waals surface area contributed by atoms with Crippen molar-refractivity contribution in [3.63, 3.8) is 0 Å². The van der Waals surface area contributed by atoms with Gasteiger partial charge in [0.15, 0.2) is 5.58 Å². The van der Waals surface area contributed by atoms with Crippen molar-refractivity contribution in [1.29, 1.82) is 5.26 Å². The van der Waals surface area contributed by atoms with Crippen LogP contribution >= 0.6 is 0 Å². The zero-order valence-corrected chi connectivity index (χ0v) is 8.07. The van der Waals surface area contributed by atoms with Gasteiger partial charge in [0.1, 0.15) is 17.2 Å². The number of rotatable bonds is 0. The van der Waals surface area contributed by atoms with Gasteiger partial charge in [-0.05, 0) is 19.1 Å². The van der Waals surface area contributed by atoms with E-state index in [1.165, 1.54) is 0 Å². The minimum absolute atomic E-state index is 0.546. The highest BCUT2D eigenvalue weighted by Crippen LogP contribution is 2.33. The van der Waals surface area contributed by atoms with E-state index in [1.54, 1.807) is 18.6 Å². The van der Waals surface area contributed by atoms with Gasteiger partial charge in [0.25, 0.3) is 0 Å². The Bertz CT molecular complexity index is 646. The van der Waals surface area contributed by atoms with Crippen molar-refractivity contribution >= 4 is 21.9 Å². The molecular weight excluding hydrogens is 190 g/mol. The molecule has 3 rings (SSSR count). The summed E-state index contributed by atoms with van der Waals surface area (Å²) in [6.45, 7) is 1.96. The molecule has 3 nitrogen and oxygen atoms in total. The van der Waals surface area contributed by atoms with Crippen LogP contribution in [-0.4, -0.2) is 0 Å². The van der Waals surface area contributed by atoms with E-state index in [-0.39, 0.29) is 0 Å². The van der Waals surface area contributed by atoms with E-state index >= 15 is 0 Å². The number of nitrogens with zero attached hydrogens (tertiary/aromatic N) is 1. The maximum Gasteiger partial charge on any atom is 0.152 e. The zero-order chi connectivity index (χ0) is 10.4. The molecule has 0 N–H and O–H groups in total. The van der Waals surface area contributed by atoms with Crippen LogP contribution in [0.5, 0.6) is 0 Å². The van der Waals surface area contributed by atoms with E-state index in [0.717, 1.165) is 21.9 Å². The second-order valence-electron chi connectivity index (χ2n) is 3.44. The number of nitriles is 1. The van der Waals surface area contributed by atoms with E-state index in [9.17, 15) is 0 Å². The monoisotopic (exact) mass is 197 g/mol. The number of hydrogen-bond acceptors (Lipinski definition) is 3. The fraction of sp³-hybridized carbons (Fsp3) is 0.0833. The van der Waals surface area contributed by atoms with E-state index in [0.29, 0.717) is 11.1 Å². The molecule has 0 amide bonds. The third kappa shape index (κ3) is 0.882. The number of furan rings is 2. The third-order valence-electron chi connectivity index (χ3n) is 2.68. The predicted molar refractivity (Wildman–Crippen MR) is 55.4 cm³/mol. The third-order valence-corrected chi connectivity index (χ3v) is 2.68. The molecule has 0 bridgehead atoms. The van der Waals surface area contributed by atoms with Crippen molar-refractivity contribution in [3.8, 4) is 6.07 Å². The Morgan fingerprint density at radius 3 is 2.47 bits per heavy atom. The van der Waals surface area contributed by atoms with E-state index < -0.39 is 0 Å². The van der Waals surface area contributed by atoms with Crippen LogP contribution < -0.4 is 0 Å². The minimum atomic E-state index is 0.546. The van der Waals surface area contributed by atoms with Gasteiger partial charge in [-0.2, -0.15) is 5.26 Å². The van der Waals surface area contributed by atoms with Gasteiger partial charge in [-0.3, -0.25) is 0 Å². The highest BCUT2D eigenvalue weighted by molar-refractivity contribution is 6.03. The average molecular weight is 197 g/mol. The normalized spacial score (nSPS) is 10.9. The first kappa shape index (κ1) is 8.13. The van der Waals surface area contributed by atoms with Crippen LogP contribution in [0.2, 0.25) is 0 Å². The van der Waals surface area contributed by atoms with Crippen molar-refractivity contribution in [3.05, 3.63) is 35.8 Å². The molecule has 3 aromatic rings. The molecule has 0 aliphatic heterocycles. The summed E-state index contributed by atoms with van der Waals surface area (Å²) in [4.78, 5) is 0. The van der Waals surface area contributed by atoms with Crippen molar-refractivity contribution in [2.45, 2.75) is 6.92 Å². The average Bonchev–Trinajstić information content (AvgIpc) is 2.85. The molecule has 0 spiro atoms. The molecule has 0 saturated heterocycles. The van der Waals surface area contributed by atoms with Crippen LogP contribution in [0.3, 0.4) is 0 Å². The first-order valence-electron chi connectivity index (χ1n) is 4.60. The Morgan fingerprint density at radius 1 is 1.07 bits per heavy atom. The first-order valence-corrected chi connectivity index (χ1v) is 4.60. The molecule has 2 aromatic heterocycles. The molecule has 0 radical (unpaired) electrons. The van der Waals surface area contributed by atoms with Crippen LogP contribution in [0.1, 0.15) is 11.1 Å². The SMILES string of the molecule is Cc1c2ccoc2c(C#N)c2ccoc12. The van der Waals surface area contributed by atoms with Crippen LogP contribution in [0.15, 0.2) is 33.5 Å². The van der Waals surface area contributed by atoms with Crippen LogP contribution in [0, 0.1) is 18.3 Å². The number of benzene rings is 1. The second-order valence-corrected chi connectivity index (χ2v) is 3.44. The summed E-state index contributed by atoms with van der Waals surface area (Å²) in [6, 6.07) is 5.81. The Balaban J connectivity index is 2.72. The van der Waals surface area contributed by atoms with Crippen LogP contribution in [0.4, 0.5) is 0 Å². The van der Waals surface area contributed by atoms with Crippen LogP contribution in [0.25, 0.3) is 21.9 Å². The predicted octanol–water partition coefficient (Wildman–Crippen LogP) is 3.36. The Morgan fingerprint density at radius 2 is 1.73 bits per heavy atom. The molecular formula is C12H7NO2. The molecule has 15 heavy (non-hydrogen) atoms. The maximum absolute atomic E-state index is 9.11. The standard InChI is InChI=1S/C12H7NO2/c1-7-8-2-4-15-12(8)10(6-13)9-3-5-14-11(7)9/h2-5H,1H3. The lowest BCUT2D eigenvalue weighted by atomic mass is 10.0. The van der Waals surface area contributed by atoms with Gasteiger partial charge in [-0.1, -0.05) is 0 Å². The van der Waals surface area contributed by atoms with E-state index in [2.05, 4.69) is 6.07 Å². The molecule has 1 aromatic carbocycles. The molecule has 0 aliphatic carbocycles. The minimum Gasteiger partial charge on any atom is -0.464 e. The smallest absolute Gasteiger partial charge is 0.152 e. The molecule has 0 saturated carbocycles. The maximum atomic E-state index is 9.11. The number of hydrogen-bond donors (Lipinski definition) is 0. The summed E-state index contributed by atoms with van der Waals surface area (Å²) in [5.74, 6) is 0. The lowest BCUT2D eigenvalue weighted by Gasteiger charge is -1.99. The van der Waals surface area contributed by atoms with Gasteiger partial charge in [-0.15, -0.1) is 0 Å². The quantitative estimate of drug-likeness (QED) is 0.555. The van der Waals surface area contributed by atoms with Gasteiger partial charge in [-0.25, -0.2) is 0 Å². The zero-order valence-electron chi connectivity index (χ0n) is 8.07. The fourth-order valence-electron chi connectivity index (χ4n) is 1.95. The summed E-state index contributed by atoms with van der Waals surface area (Å²) >= 11 is 0. The van der Waals surface area contributed by atoms with Crippen LogP contribution in [-0.2, 0) is 0 Å². The molecule has 0 fully saturated rings. The molecule has 0 atom stereocenters. The molecule has 2 heterocycles. The van der Waals surface area contributed by atoms with Gasteiger partial charge in [0, 0.05) is 16.3 Å². The second kappa shape index (κ2) is 2.64. The van der Waals surface area contributed by atoms with Crippen molar-refractivity contribution in [2.75, 3.05) is 0 Å². The van der Waals surface area contributed by atoms with Crippen molar-refractivity contribution < 1.29 is 8.83 Å². The summed E-state index contributed by atoms with van der Waals surface area (Å²) < 4.78 is 10.7. The highest BCUT2D eigenvalue weighted by Gasteiger charge is 2.15. The van der Waals surface area contributed by atoms with Gasteiger partial charge in [0.05, 0.1) is 12.5 Å². The fourth-order valence-corrected chi connectivity index (χ4v) is 1.95. The highest BCUT2D eigenvalue weighted by atomic mass is 16.3. The van der Waals surface area contributed by atoms with Gasteiger partial charge in [0.2, 0.25) is 0 Å². The molecule has 72 valence electrons.